The first-order valence-corrected chi connectivity index (χ1v) is 10.6. The summed E-state index contributed by atoms with van der Waals surface area (Å²) in [4.78, 5) is 12.5. The third kappa shape index (κ3) is 3.76. The van der Waals surface area contributed by atoms with Gasteiger partial charge in [-0.3, -0.25) is 4.79 Å². The van der Waals surface area contributed by atoms with E-state index in [-0.39, 0.29) is 23.3 Å². The van der Waals surface area contributed by atoms with Gasteiger partial charge in [0.2, 0.25) is 0 Å². The molecule has 0 unspecified atom stereocenters. The third-order valence-corrected chi connectivity index (χ3v) is 6.80. The molecule has 0 spiro atoms. The molecule has 138 valence electrons. The molecule has 0 amide bonds. The van der Waals surface area contributed by atoms with Crippen molar-refractivity contribution in [1.29, 1.82) is 0 Å². The van der Waals surface area contributed by atoms with Crippen molar-refractivity contribution in [2.75, 3.05) is 11.5 Å². The number of sulfone groups is 1. The molecule has 0 saturated carbocycles. The molecule has 1 saturated heterocycles. The SMILES string of the molecule is Cc1ccc(C(=O)/C=C/c2c(C)nn([C@@H]3CCS(=O)(=O)C3)c2Cl)c(C)c1. The summed E-state index contributed by atoms with van der Waals surface area (Å²) in [5.41, 5.74) is 4.00. The highest BCUT2D eigenvalue weighted by Crippen LogP contribution is 2.30. The van der Waals surface area contributed by atoms with Crippen LogP contribution in [0.5, 0.6) is 0 Å². The van der Waals surface area contributed by atoms with Crippen LogP contribution < -0.4 is 0 Å². The van der Waals surface area contributed by atoms with Crippen LogP contribution >= 0.6 is 11.6 Å². The number of aryl methyl sites for hydroxylation is 3. The number of benzene rings is 1. The van der Waals surface area contributed by atoms with E-state index in [2.05, 4.69) is 5.10 Å². The molecule has 1 aromatic carbocycles. The lowest BCUT2D eigenvalue weighted by Crippen LogP contribution is -2.12. The molecule has 26 heavy (non-hydrogen) atoms. The van der Waals surface area contributed by atoms with Crippen molar-refractivity contribution in [1.82, 2.24) is 9.78 Å². The normalized spacial score (nSPS) is 19.3. The Morgan fingerprint density at radius 1 is 1.31 bits per heavy atom. The van der Waals surface area contributed by atoms with E-state index < -0.39 is 9.84 Å². The monoisotopic (exact) mass is 392 g/mol. The Balaban J connectivity index is 1.86. The maximum atomic E-state index is 12.5. The largest absolute Gasteiger partial charge is 0.289 e. The molecule has 0 bridgehead atoms. The van der Waals surface area contributed by atoms with Crippen LogP contribution in [0.25, 0.3) is 6.08 Å². The second kappa shape index (κ2) is 7.00. The molecule has 7 heteroatoms. The summed E-state index contributed by atoms with van der Waals surface area (Å²) in [6, 6.07) is 5.45. The Labute approximate surface area is 158 Å². The average Bonchev–Trinajstić information content (AvgIpc) is 3.04. The Morgan fingerprint density at radius 2 is 2.04 bits per heavy atom. The predicted molar refractivity (Wildman–Crippen MR) is 104 cm³/mol. The third-order valence-electron chi connectivity index (χ3n) is 4.67. The highest BCUT2D eigenvalue weighted by Gasteiger charge is 2.31. The second-order valence-electron chi connectivity index (χ2n) is 6.81. The van der Waals surface area contributed by atoms with Crippen molar-refractivity contribution < 1.29 is 13.2 Å². The van der Waals surface area contributed by atoms with Crippen LogP contribution in [0.2, 0.25) is 5.15 Å². The number of hydrogen-bond donors (Lipinski definition) is 0. The number of carbonyl (C=O) groups excluding carboxylic acids is 1. The number of allylic oxidation sites excluding steroid dienone is 1. The fourth-order valence-corrected chi connectivity index (χ4v) is 5.34. The summed E-state index contributed by atoms with van der Waals surface area (Å²) in [6.45, 7) is 5.69. The summed E-state index contributed by atoms with van der Waals surface area (Å²) in [5, 5.41) is 4.77. The zero-order valence-corrected chi connectivity index (χ0v) is 16.6. The van der Waals surface area contributed by atoms with Gasteiger partial charge >= 0.3 is 0 Å². The van der Waals surface area contributed by atoms with Crippen LogP contribution in [0, 0.1) is 20.8 Å². The Morgan fingerprint density at radius 3 is 2.65 bits per heavy atom. The Kier molecular flexibility index (Phi) is 5.08. The minimum atomic E-state index is -3.03. The summed E-state index contributed by atoms with van der Waals surface area (Å²) in [6.07, 6.45) is 3.66. The van der Waals surface area contributed by atoms with Gasteiger partial charge in [0.25, 0.3) is 0 Å². The van der Waals surface area contributed by atoms with Crippen LogP contribution in [0.15, 0.2) is 24.3 Å². The fourth-order valence-electron chi connectivity index (χ4n) is 3.27. The van der Waals surface area contributed by atoms with E-state index >= 15 is 0 Å². The molecule has 0 radical (unpaired) electrons. The van der Waals surface area contributed by atoms with Gasteiger partial charge in [-0.05, 0) is 44.9 Å². The molecular weight excluding hydrogens is 372 g/mol. The number of halogens is 1. The zero-order valence-electron chi connectivity index (χ0n) is 15.0. The van der Waals surface area contributed by atoms with Crippen LogP contribution in [0.1, 0.15) is 45.2 Å². The lowest BCUT2D eigenvalue weighted by Gasteiger charge is -2.09. The Hall–Kier alpha value is -1.92. The van der Waals surface area contributed by atoms with Crippen molar-refractivity contribution in [2.24, 2.45) is 0 Å². The summed E-state index contributed by atoms with van der Waals surface area (Å²) in [7, 11) is -3.03. The maximum Gasteiger partial charge on any atom is 0.186 e. The van der Waals surface area contributed by atoms with E-state index in [1.165, 1.54) is 6.08 Å². The van der Waals surface area contributed by atoms with E-state index in [0.29, 0.717) is 28.4 Å². The molecule has 0 N–H and O–H groups in total. The topological polar surface area (TPSA) is 69.0 Å². The van der Waals surface area contributed by atoms with Gasteiger partial charge in [0.1, 0.15) is 5.15 Å². The lowest BCUT2D eigenvalue weighted by molar-refractivity contribution is 0.104. The van der Waals surface area contributed by atoms with E-state index in [4.69, 9.17) is 11.6 Å². The number of aromatic nitrogens is 2. The molecule has 1 aliphatic heterocycles. The van der Waals surface area contributed by atoms with Crippen LogP contribution in [0.3, 0.4) is 0 Å². The minimum Gasteiger partial charge on any atom is -0.289 e. The molecule has 1 fully saturated rings. The van der Waals surface area contributed by atoms with Crippen molar-refractivity contribution in [3.05, 3.63) is 57.4 Å². The van der Waals surface area contributed by atoms with Gasteiger partial charge in [0.05, 0.1) is 23.2 Å². The van der Waals surface area contributed by atoms with Crippen molar-refractivity contribution in [2.45, 2.75) is 33.2 Å². The van der Waals surface area contributed by atoms with Gasteiger partial charge < -0.3 is 0 Å². The number of hydrogen-bond acceptors (Lipinski definition) is 4. The van der Waals surface area contributed by atoms with Gasteiger partial charge in [-0.25, -0.2) is 13.1 Å². The van der Waals surface area contributed by atoms with Crippen LogP contribution in [0.4, 0.5) is 0 Å². The quantitative estimate of drug-likeness (QED) is 0.587. The fraction of sp³-hybridized carbons (Fsp3) is 0.368. The Bertz CT molecular complexity index is 1010. The molecule has 3 rings (SSSR count). The van der Waals surface area contributed by atoms with Gasteiger partial charge in [0.15, 0.2) is 15.6 Å². The molecule has 0 aliphatic carbocycles. The summed E-state index contributed by atoms with van der Waals surface area (Å²) < 4.78 is 25.0. The number of rotatable bonds is 4. The van der Waals surface area contributed by atoms with E-state index in [0.717, 1.165) is 11.1 Å². The first-order valence-electron chi connectivity index (χ1n) is 8.42. The van der Waals surface area contributed by atoms with Gasteiger partial charge in [-0.15, -0.1) is 0 Å². The average molecular weight is 393 g/mol. The standard InChI is InChI=1S/C19H21ClN2O3S/c1-12-4-5-16(13(2)10-12)18(23)7-6-17-14(3)21-22(19(17)20)15-8-9-26(24,25)11-15/h4-7,10,15H,8-9,11H2,1-3H3/b7-6+/t15-/m1/s1. The van der Waals surface area contributed by atoms with Crippen molar-refractivity contribution in [3.63, 3.8) is 0 Å². The highest BCUT2D eigenvalue weighted by atomic mass is 35.5. The van der Waals surface area contributed by atoms with Crippen molar-refractivity contribution >= 4 is 33.3 Å². The minimum absolute atomic E-state index is 0.0541. The predicted octanol–water partition coefficient (Wildman–Crippen LogP) is 3.72. The molecule has 2 heterocycles. The lowest BCUT2D eigenvalue weighted by atomic mass is 10.0. The first kappa shape index (κ1) is 18.9. The molecular formula is C19H21ClN2O3S. The van der Waals surface area contributed by atoms with Gasteiger partial charge in [0, 0.05) is 11.1 Å². The number of carbonyl (C=O) groups is 1. The molecule has 1 aliphatic rings. The van der Waals surface area contributed by atoms with E-state index in [1.807, 2.05) is 32.0 Å². The second-order valence-corrected chi connectivity index (χ2v) is 9.39. The van der Waals surface area contributed by atoms with Crippen molar-refractivity contribution in [3.8, 4) is 0 Å². The van der Waals surface area contributed by atoms with E-state index in [1.54, 1.807) is 17.7 Å². The molecule has 1 aromatic heterocycles. The number of ketones is 1. The highest BCUT2D eigenvalue weighted by molar-refractivity contribution is 7.91. The molecule has 2 aromatic rings. The zero-order chi connectivity index (χ0) is 19.1. The van der Waals surface area contributed by atoms with Gasteiger partial charge in [-0.2, -0.15) is 5.10 Å². The van der Waals surface area contributed by atoms with E-state index in [9.17, 15) is 13.2 Å². The molecule has 5 nitrogen and oxygen atoms in total. The van der Waals surface area contributed by atoms with Gasteiger partial charge in [-0.1, -0.05) is 35.4 Å². The summed E-state index contributed by atoms with van der Waals surface area (Å²) in [5.74, 6) is 0.107. The first-order chi connectivity index (χ1) is 12.2. The maximum absolute atomic E-state index is 12.5. The molecule has 1 atom stereocenters. The number of nitrogens with zero attached hydrogens (tertiary/aromatic N) is 2. The van der Waals surface area contributed by atoms with Crippen LogP contribution in [-0.4, -0.2) is 35.5 Å². The summed E-state index contributed by atoms with van der Waals surface area (Å²) >= 11 is 6.43. The van der Waals surface area contributed by atoms with Crippen LogP contribution in [-0.2, 0) is 9.84 Å². The smallest absolute Gasteiger partial charge is 0.186 e.